The largest absolute Gasteiger partial charge is 0.336 e. The van der Waals surface area contributed by atoms with Crippen molar-refractivity contribution < 1.29 is 4.79 Å². The summed E-state index contributed by atoms with van der Waals surface area (Å²) in [6.07, 6.45) is 7.06. The molecule has 2 aromatic carbocycles. The first-order chi connectivity index (χ1) is 15.6. The molecule has 2 saturated heterocycles. The summed E-state index contributed by atoms with van der Waals surface area (Å²) in [4.78, 5) is 18.6. The van der Waals surface area contributed by atoms with Crippen LogP contribution in [0.2, 0.25) is 0 Å². The number of carbonyl (C=O) groups is 1. The van der Waals surface area contributed by atoms with Gasteiger partial charge in [0.2, 0.25) is 5.91 Å². The predicted molar refractivity (Wildman–Crippen MR) is 131 cm³/mol. The lowest BCUT2D eigenvalue weighted by atomic mass is 9.77. The van der Waals surface area contributed by atoms with Gasteiger partial charge >= 0.3 is 0 Å². The van der Waals surface area contributed by atoms with E-state index in [1.807, 2.05) is 0 Å². The number of anilines is 1. The Kier molecular flexibility index (Phi) is 5.98. The number of hydrogen-bond acceptors (Lipinski definition) is 3. The Morgan fingerprint density at radius 1 is 0.906 bits per heavy atom. The zero-order valence-electron chi connectivity index (χ0n) is 19.5. The second kappa shape index (κ2) is 8.90. The number of hydrogen-bond donors (Lipinski definition) is 1. The molecule has 1 amide bonds. The molecule has 0 bridgehead atoms. The molecule has 3 atom stereocenters. The van der Waals surface area contributed by atoms with E-state index in [1.165, 1.54) is 31.2 Å². The minimum absolute atomic E-state index is 0.0585. The average molecular weight is 432 g/mol. The highest BCUT2D eigenvalue weighted by atomic mass is 16.2. The summed E-state index contributed by atoms with van der Waals surface area (Å²) in [5, 5.41) is 3.36. The normalized spacial score (nSPS) is 28.3. The van der Waals surface area contributed by atoms with Gasteiger partial charge in [0.1, 0.15) is 11.7 Å². The van der Waals surface area contributed by atoms with Gasteiger partial charge in [-0.1, -0.05) is 75.2 Å². The van der Waals surface area contributed by atoms with Gasteiger partial charge in [-0.3, -0.25) is 9.69 Å². The van der Waals surface area contributed by atoms with Gasteiger partial charge < -0.3 is 10.2 Å². The molecule has 1 aliphatic carbocycles. The van der Waals surface area contributed by atoms with Gasteiger partial charge in [-0.05, 0) is 55.2 Å². The molecule has 0 aromatic heterocycles. The van der Waals surface area contributed by atoms with Crippen LogP contribution in [0.5, 0.6) is 0 Å². The van der Waals surface area contributed by atoms with Crippen LogP contribution in [0.3, 0.4) is 0 Å². The first kappa shape index (κ1) is 21.5. The van der Waals surface area contributed by atoms with Crippen LogP contribution in [0.1, 0.15) is 63.9 Å². The number of amides is 1. The van der Waals surface area contributed by atoms with Crippen molar-refractivity contribution in [2.75, 3.05) is 18.0 Å². The molecular weight excluding hydrogens is 394 g/mol. The van der Waals surface area contributed by atoms with E-state index in [0.29, 0.717) is 17.9 Å². The van der Waals surface area contributed by atoms with Gasteiger partial charge in [-0.25, -0.2) is 0 Å². The number of carbonyl (C=O) groups excluding carboxylic acids is 1. The van der Waals surface area contributed by atoms with E-state index >= 15 is 0 Å². The van der Waals surface area contributed by atoms with E-state index in [2.05, 4.69) is 89.6 Å². The van der Waals surface area contributed by atoms with Crippen LogP contribution in [0.25, 0.3) is 0 Å². The van der Waals surface area contributed by atoms with Crippen molar-refractivity contribution in [1.82, 2.24) is 10.2 Å². The van der Waals surface area contributed by atoms with Crippen molar-refractivity contribution in [3.63, 3.8) is 0 Å². The van der Waals surface area contributed by atoms with Crippen LogP contribution < -0.4 is 10.2 Å². The standard InChI is InChI=1S/C28H37N3O/c1-21(2)26-29-27(32)28(31(26)23-13-7-4-8-14-23)17-19-30(20-18-28)25-16-10-9-15-24(25)22-11-5-3-6-12-22/h3-8,11-14,21,24-26H,9-10,15-20H2,1-2H3,(H,29,32)/t24?,25?,26-/m1/s1. The van der Waals surface area contributed by atoms with Crippen molar-refractivity contribution in [2.45, 2.75) is 76.0 Å². The van der Waals surface area contributed by atoms with Gasteiger partial charge in [0.25, 0.3) is 0 Å². The Labute approximate surface area is 193 Å². The first-order valence-electron chi connectivity index (χ1n) is 12.5. The predicted octanol–water partition coefficient (Wildman–Crippen LogP) is 5.17. The average Bonchev–Trinajstić information content (AvgIpc) is 3.12. The van der Waals surface area contributed by atoms with Crippen molar-refractivity contribution in [3.05, 3.63) is 66.2 Å². The zero-order chi connectivity index (χ0) is 22.1. The molecule has 0 radical (unpaired) electrons. The van der Waals surface area contributed by atoms with Gasteiger partial charge in [0.05, 0.1) is 0 Å². The maximum Gasteiger partial charge on any atom is 0.247 e. The summed E-state index contributed by atoms with van der Waals surface area (Å²) < 4.78 is 0. The topological polar surface area (TPSA) is 35.6 Å². The van der Waals surface area contributed by atoms with Gasteiger partial charge in [0.15, 0.2) is 0 Å². The fraction of sp³-hybridized carbons (Fsp3) is 0.536. The van der Waals surface area contributed by atoms with Crippen LogP contribution in [-0.4, -0.2) is 41.6 Å². The molecule has 32 heavy (non-hydrogen) atoms. The molecule has 3 fully saturated rings. The molecule has 4 heteroatoms. The lowest BCUT2D eigenvalue weighted by Gasteiger charge is -2.49. The highest BCUT2D eigenvalue weighted by Gasteiger charge is 2.55. The molecule has 2 heterocycles. The molecule has 1 spiro atoms. The third kappa shape index (κ3) is 3.73. The van der Waals surface area contributed by atoms with Crippen LogP contribution in [0, 0.1) is 5.92 Å². The molecule has 2 aliphatic heterocycles. The smallest absolute Gasteiger partial charge is 0.247 e. The van der Waals surface area contributed by atoms with E-state index in [-0.39, 0.29) is 12.1 Å². The summed E-state index contributed by atoms with van der Waals surface area (Å²) in [6, 6.07) is 22.3. The van der Waals surface area contributed by atoms with Crippen LogP contribution in [0.15, 0.2) is 60.7 Å². The summed E-state index contributed by atoms with van der Waals surface area (Å²) in [7, 11) is 0. The number of rotatable bonds is 4. The first-order valence-corrected chi connectivity index (χ1v) is 12.5. The fourth-order valence-corrected chi connectivity index (χ4v) is 6.50. The Morgan fingerprint density at radius 3 is 2.19 bits per heavy atom. The van der Waals surface area contributed by atoms with Gasteiger partial charge in [-0.2, -0.15) is 0 Å². The molecule has 1 N–H and O–H groups in total. The highest BCUT2D eigenvalue weighted by molar-refractivity contribution is 5.94. The minimum atomic E-state index is -0.427. The Hall–Kier alpha value is -2.33. The molecule has 2 unspecified atom stereocenters. The molecular formula is C28H37N3O. The van der Waals surface area contributed by atoms with E-state index < -0.39 is 5.54 Å². The molecule has 4 nitrogen and oxygen atoms in total. The number of likely N-dealkylation sites (tertiary alicyclic amines) is 1. The number of nitrogens with zero attached hydrogens (tertiary/aromatic N) is 2. The lowest BCUT2D eigenvalue weighted by Crippen LogP contribution is -2.59. The molecule has 3 aliphatic rings. The second-order valence-electron chi connectivity index (χ2n) is 10.3. The van der Waals surface area contributed by atoms with Crippen molar-refractivity contribution in [2.24, 2.45) is 5.92 Å². The summed E-state index contributed by atoms with van der Waals surface area (Å²) in [5.41, 5.74) is 2.23. The third-order valence-corrected chi connectivity index (χ3v) is 8.16. The third-order valence-electron chi connectivity index (χ3n) is 8.16. The van der Waals surface area contributed by atoms with E-state index in [0.717, 1.165) is 31.6 Å². The number of nitrogens with one attached hydrogen (secondary N) is 1. The fourth-order valence-electron chi connectivity index (χ4n) is 6.50. The zero-order valence-corrected chi connectivity index (χ0v) is 19.5. The SMILES string of the molecule is CC(C)[C@@H]1NC(=O)C2(CCN(C3CCCCC3c3ccccc3)CC2)N1c1ccccc1. The number of para-hydroxylation sites is 1. The van der Waals surface area contributed by atoms with Gasteiger partial charge in [-0.15, -0.1) is 0 Å². The molecule has 5 rings (SSSR count). The number of piperidine rings is 1. The van der Waals surface area contributed by atoms with E-state index in [9.17, 15) is 4.79 Å². The van der Waals surface area contributed by atoms with Crippen LogP contribution >= 0.6 is 0 Å². The lowest BCUT2D eigenvalue weighted by molar-refractivity contribution is -0.125. The summed E-state index contributed by atoms with van der Waals surface area (Å²) in [6.45, 7) is 6.41. The van der Waals surface area contributed by atoms with Gasteiger partial charge in [0, 0.05) is 24.8 Å². The van der Waals surface area contributed by atoms with Crippen molar-refractivity contribution in [1.29, 1.82) is 0 Å². The minimum Gasteiger partial charge on any atom is -0.336 e. The van der Waals surface area contributed by atoms with Crippen molar-refractivity contribution >= 4 is 11.6 Å². The monoisotopic (exact) mass is 431 g/mol. The maximum atomic E-state index is 13.4. The molecule has 2 aromatic rings. The van der Waals surface area contributed by atoms with Crippen LogP contribution in [-0.2, 0) is 4.79 Å². The van der Waals surface area contributed by atoms with E-state index in [1.54, 1.807) is 0 Å². The molecule has 1 saturated carbocycles. The number of benzene rings is 2. The van der Waals surface area contributed by atoms with E-state index in [4.69, 9.17) is 0 Å². The Balaban J connectivity index is 1.39. The quantitative estimate of drug-likeness (QED) is 0.726. The maximum absolute atomic E-state index is 13.4. The molecule has 170 valence electrons. The Bertz CT molecular complexity index is 905. The van der Waals surface area contributed by atoms with Crippen molar-refractivity contribution in [3.8, 4) is 0 Å². The van der Waals surface area contributed by atoms with Crippen LogP contribution in [0.4, 0.5) is 5.69 Å². The second-order valence-corrected chi connectivity index (χ2v) is 10.3. The highest BCUT2D eigenvalue weighted by Crippen LogP contribution is 2.43. The summed E-state index contributed by atoms with van der Waals surface area (Å²) >= 11 is 0. The summed E-state index contributed by atoms with van der Waals surface area (Å²) in [5.74, 6) is 1.20. The Morgan fingerprint density at radius 2 is 1.53 bits per heavy atom.